The molecule has 0 amide bonds. The first-order chi connectivity index (χ1) is 31.7. The number of allylic oxidation sites excluding steroid dienone is 1. The minimum atomic E-state index is 0.619. The average Bonchev–Trinajstić information content (AvgIpc) is 3.94. The van der Waals surface area contributed by atoms with Gasteiger partial charge in [-0.05, 0) is 64.7 Å². The van der Waals surface area contributed by atoms with Gasteiger partial charge >= 0.3 is 0 Å². The first kappa shape index (κ1) is 36.3. The van der Waals surface area contributed by atoms with Crippen molar-refractivity contribution in [2.24, 2.45) is 0 Å². The lowest BCUT2D eigenvalue weighted by Crippen LogP contribution is -2.02. The van der Waals surface area contributed by atoms with E-state index in [0.29, 0.717) is 17.5 Å². The van der Waals surface area contributed by atoms with Crippen LogP contribution in [0.15, 0.2) is 205 Å². The van der Waals surface area contributed by atoms with Gasteiger partial charge in [0.15, 0.2) is 17.5 Å². The van der Waals surface area contributed by atoms with E-state index in [0.717, 1.165) is 84.9 Å². The number of aromatic nitrogens is 4. The fraction of sp³-hybridized carbons (Fsp3) is 0.0339. The van der Waals surface area contributed by atoms with Crippen LogP contribution < -0.4 is 0 Å². The third kappa shape index (κ3) is 5.75. The van der Waals surface area contributed by atoms with Gasteiger partial charge in [-0.3, -0.25) is 0 Å². The number of para-hydroxylation sites is 3. The van der Waals surface area contributed by atoms with Gasteiger partial charge in [0.1, 0.15) is 11.2 Å². The van der Waals surface area contributed by atoms with Crippen LogP contribution in [0.3, 0.4) is 0 Å². The zero-order chi connectivity index (χ0) is 42.1. The molecule has 0 radical (unpaired) electrons. The second-order valence-corrected chi connectivity index (χ2v) is 16.6. The van der Waals surface area contributed by atoms with Crippen molar-refractivity contribution in [2.75, 3.05) is 0 Å². The molecule has 3 heterocycles. The summed E-state index contributed by atoms with van der Waals surface area (Å²) in [5, 5.41) is 7.27. The second kappa shape index (κ2) is 14.6. The van der Waals surface area contributed by atoms with Gasteiger partial charge < -0.3 is 8.98 Å². The highest BCUT2D eigenvalue weighted by atomic mass is 16.3. The molecule has 0 bridgehead atoms. The predicted molar refractivity (Wildman–Crippen MR) is 263 cm³/mol. The molecule has 1 aliphatic rings. The van der Waals surface area contributed by atoms with Gasteiger partial charge in [0, 0.05) is 60.4 Å². The maximum absolute atomic E-state index is 6.55. The average molecular weight is 819 g/mol. The third-order valence-electron chi connectivity index (χ3n) is 12.9. The number of fused-ring (bicyclic) bond motifs is 11. The number of hydrogen-bond donors (Lipinski definition) is 0. The number of nitrogens with zero attached hydrogens (tertiary/aromatic N) is 4. The molecule has 3 aromatic heterocycles. The Morgan fingerprint density at radius 2 is 0.984 bits per heavy atom. The molecule has 1 aliphatic carbocycles. The summed E-state index contributed by atoms with van der Waals surface area (Å²) < 4.78 is 9.05. The van der Waals surface area contributed by atoms with Crippen molar-refractivity contribution >= 4 is 60.6 Å². The van der Waals surface area contributed by atoms with Crippen LogP contribution in [0.25, 0.3) is 123 Å². The van der Waals surface area contributed by atoms with E-state index >= 15 is 0 Å². The van der Waals surface area contributed by atoms with E-state index in [1.165, 1.54) is 38.2 Å². The second-order valence-electron chi connectivity index (χ2n) is 16.6. The van der Waals surface area contributed by atoms with Crippen LogP contribution in [0.2, 0.25) is 0 Å². The van der Waals surface area contributed by atoms with Crippen molar-refractivity contribution in [1.82, 2.24) is 19.5 Å². The van der Waals surface area contributed by atoms with Crippen molar-refractivity contribution in [3.05, 3.63) is 211 Å². The molecule has 0 atom stereocenters. The summed E-state index contributed by atoms with van der Waals surface area (Å²) >= 11 is 0. The molecular weight excluding hydrogens is 781 g/mol. The minimum absolute atomic E-state index is 0.619. The highest BCUT2D eigenvalue weighted by Crippen LogP contribution is 2.46. The summed E-state index contributed by atoms with van der Waals surface area (Å²) in [6.07, 6.45) is 6.73. The van der Waals surface area contributed by atoms with Gasteiger partial charge in [0.25, 0.3) is 0 Å². The highest BCUT2D eigenvalue weighted by molar-refractivity contribution is 6.25. The van der Waals surface area contributed by atoms with Crippen LogP contribution in [0.5, 0.6) is 0 Å². The number of furan rings is 1. The summed E-state index contributed by atoms with van der Waals surface area (Å²) in [6.45, 7) is 0. The van der Waals surface area contributed by atoms with Gasteiger partial charge in [0.2, 0.25) is 0 Å². The van der Waals surface area contributed by atoms with Crippen LogP contribution >= 0.6 is 0 Å². The summed E-state index contributed by atoms with van der Waals surface area (Å²) in [4.78, 5) is 15.3. The summed E-state index contributed by atoms with van der Waals surface area (Å²) in [7, 11) is 0. The highest BCUT2D eigenvalue weighted by Gasteiger charge is 2.25. The summed E-state index contributed by atoms with van der Waals surface area (Å²) in [6, 6.07) is 68.5. The van der Waals surface area contributed by atoms with Gasteiger partial charge in [-0.15, -0.1) is 0 Å². The molecule has 5 heteroatoms. The van der Waals surface area contributed by atoms with Crippen LogP contribution in [-0.4, -0.2) is 19.5 Å². The van der Waals surface area contributed by atoms with E-state index in [1.807, 2.05) is 48.5 Å². The Hall–Kier alpha value is -8.41. The van der Waals surface area contributed by atoms with E-state index in [4.69, 9.17) is 19.4 Å². The monoisotopic (exact) mass is 818 g/mol. The van der Waals surface area contributed by atoms with Crippen molar-refractivity contribution in [3.8, 4) is 62.1 Å². The number of rotatable bonds is 6. The smallest absolute Gasteiger partial charge is 0.164 e. The molecule has 0 spiro atoms. The van der Waals surface area contributed by atoms with Crippen molar-refractivity contribution in [1.29, 1.82) is 0 Å². The van der Waals surface area contributed by atoms with Crippen LogP contribution in [0, 0.1) is 0 Å². The lowest BCUT2D eigenvalue weighted by atomic mass is 9.88. The number of benzene rings is 9. The minimum Gasteiger partial charge on any atom is -0.455 e. The molecule has 0 saturated heterocycles. The SMILES string of the molecule is C1=Cc2c(c3ccccc3c3c2c2cccc(-c4cccc(-c5cccc6c5oc5ccccc56)c4)c2n3-c2cccc(-c3nc(-c4ccccc4)nc(-c4ccccc4)n3)c2)CC1. The lowest BCUT2D eigenvalue weighted by Gasteiger charge is -2.18. The number of hydrogen-bond acceptors (Lipinski definition) is 4. The molecule has 5 nitrogen and oxygen atoms in total. The lowest BCUT2D eigenvalue weighted by molar-refractivity contribution is 0.670. The first-order valence-corrected chi connectivity index (χ1v) is 21.9. The predicted octanol–water partition coefficient (Wildman–Crippen LogP) is 15.3. The Bertz CT molecular complexity index is 3780. The Labute approximate surface area is 369 Å². The third-order valence-corrected chi connectivity index (χ3v) is 12.9. The van der Waals surface area contributed by atoms with E-state index in [2.05, 4.69) is 162 Å². The van der Waals surface area contributed by atoms with Crippen LogP contribution in [0.1, 0.15) is 17.5 Å². The van der Waals surface area contributed by atoms with Gasteiger partial charge in [-0.2, -0.15) is 0 Å². The largest absolute Gasteiger partial charge is 0.455 e. The molecule has 0 N–H and O–H groups in total. The molecule has 0 aliphatic heterocycles. The Morgan fingerprint density at radius 3 is 1.75 bits per heavy atom. The normalized spacial score (nSPS) is 12.5. The fourth-order valence-electron chi connectivity index (χ4n) is 10.0. The molecule has 0 unspecified atom stereocenters. The van der Waals surface area contributed by atoms with Crippen LogP contribution in [0.4, 0.5) is 0 Å². The maximum Gasteiger partial charge on any atom is 0.164 e. The van der Waals surface area contributed by atoms with Crippen molar-refractivity contribution in [2.45, 2.75) is 12.8 Å². The number of aryl methyl sites for hydroxylation is 1. The summed E-state index contributed by atoms with van der Waals surface area (Å²) in [5.41, 5.74) is 15.1. The Balaban J connectivity index is 1.08. The van der Waals surface area contributed by atoms with E-state index < -0.39 is 0 Å². The molecular formula is C59H38N4O. The Morgan fingerprint density at radius 1 is 0.422 bits per heavy atom. The maximum atomic E-state index is 6.55. The first-order valence-electron chi connectivity index (χ1n) is 21.9. The molecule has 0 saturated carbocycles. The fourth-order valence-corrected chi connectivity index (χ4v) is 10.0. The van der Waals surface area contributed by atoms with E-state index in [1.54, 1.807) is 0 Å². The molecule has 300 valence electrons. The quantitative estimate of drug-likeness (QED) is 0.168. The van der Waals surface area contributed by atoms with Crippen molar-refractivity contribution < 1.29 is 4.42 Å². The van der Waals surface area contributed by atoms with Gasteiger partial charge in [-0.25, -0.2) is 15.0 Å². The van der Waals surface area contributed by atoms with Gasteiger partial charge in [-0.1, -0.05) is 182 Å². The Kier molecular flexibility index (Phi) is 8.28. The zero-order valence-corrected chi connectivity index (χ0v) is 34.7. The molecule has 64 heavy (non-hydrogen) atoms. The van der Waals surface area contributed by atoms with E-state index in [-0.39, 0.29) is 0 Å². The summed E-state index contributed by atoms with van der Waals surface area (Å²) in [5.74, 6) is 1.89. The standard InChI is InChI=1S/C59H38N4O/c1-3-17-37(18-4-1)57-60-58(38-19-5-2-6-20-38)62-59(61-57)41-23-14-24-42(36-41)63-54-43(30-15-33-51(54)53-48-28-9-7-25-45(48)46-26-8-10-29-49(46)55(53)63)39-21-13-22-40(35-39)44-31-16-32-50-47-27-11-12-34-52(47)64-56(44)50/h1-6,8-24,26-36H,7,25H2. The molecule has 9 aromatic carbocycles. The van der Waals surface area contributed by atoms with Crippen molar-refractivity contribution in [3.63, 3.8) is 0 Å². The van der Waals surface area contributed by atoms with E-state index in [9.17, 15) is 0 Å². The van der Waals surface area contributed by atoms with Crippen LogP contribution in [-0.2, 0) is 6.42 Å². The topological polar surface area (TPSA) is 56.7 Å². The molecule has 12 aromatic rings. The van der Waals surface area contributed by atoms with Gasteiger partial charge in [0.05, 0.1) is 11.0 Å². The molecule has 13 rings (SSSR count). The molecule has 0 fully saturated rings. The zero-order valence-electron chi connectivity index (χ0n) is 34.7.